The molecule has 1 aliphatic carbocycles. The molecule has 58 valence electrons. The number of hydrogen-bond donors (Lipinski definition) is 0. The fraction of sp³-hybridized carbons (Fsp3) is 0.400. The zero-order valence-corrected chi connectivity index (χ0v) is 7.36. The standard InChI is InChI=1S/C10H12S/c1-2-5-9(4-1)8-10-6-3-7-11-10/h3,6-8H,1-2,4-5H2. The molecule has 0 amide bonds. The van der Waals surface area contributed by atoms with Crippen molar-refractivity contribution in [2.24, 2.45) is 0 Å². The van der Waals surface area contributed by atoms with Gasteiger partial charge in [-0.3, -0.25) is 0 Å². The number of allylic oxidation sites excluding steroid dienone is 1. The molecule has 0 bridgehead atoms. The molecule has 1 heterocycles. The quantitative estimate of drug-likeness (QED) is 0.593. The van der Waals surface area contributed by atoms with Crippen molar-refractivity contribution in [2.75, 3.05) is 0 Å². The summed E-state index contributed by atoms with van der Waals surface area (Å²) in [5.41, 5.74) is 1.65. The summed E-state index contributed by atoms with van der Waals surface area (Å²) >= 11 is 1.83. The van der Waals surface area contributed by atoms with Crippen LogP contribution in [0.4, 0.5) is 0 Å². The molecule has 0 N–H and O–H groups in total. The Labute approximate surface area is 71.6 Å². The van der Waals surface area contributed by atoms with Gasteiger partial charge in [0.1, 0.15) is 0 Å². The molecule has 0 atom stereocenters. The van der Waals surface area contributed by atoms with Crippen LogP contribution in [0, 0.1) is 0 Å². The van der Waals surface area contributed by atoms with Crippen molar-refractivity contribution in [3.8, 4) is 0 Å². The average molecular weight is 164 g/mol. The normalized spacial score (nSPS) is 17.3. The van der Waals surface area contributed by atoms with E-state index in [9.17, 15) is 0 Å². The molecule has 0 saturated heterocycles. The molecule has 11 heavy (non-hydrogen) atoms. The van der Waals surface area contributed by atoms with Crippen LogP contribution in [0.3, 0.4) is 0 Å². The van der Waals surface area contributed by atoms with Gasteiger partial charge < -0.3 is 0 Å². The lowest BCUT2D eigenvalue weighted by molar-refractivity contribution is 0.886. The highest BCUT2D eigenvalue weighted by molar-refractivity contribution is 7.10. The fourth-order valence-corrected chi connectivity index (χ4v) is 2.25. The molecule has 1 aliphatic rings. The van der Waals surface area contributed by atoms with E-state index in [1.807, 2.05) is 11.3 Å². The van der Waals surface area contributed by atoms with Crippen molar-refractivity contribution < 1.29 is 0 Å². The van der Waals surface area contributed by atoms with Gasteiger partial charge in [-0.15, -0.1) is 11.3 Å². The van der Waals surface area contributed by atoms with E-state index in [2.05, 4.69) is 23.6 Å². The Morgan fingerprint density at radius 3 is 2.73 bits per heavy atom. The highest BCUT2D eigenvalue weighted by Gasteiger charge is 2.05. The minimum absolute atomic E-state index is 1.33. The van der Waals surface area contributed by atoms with Crippen LogP contribution >= 0.6 is 11.3 Å². The lowest BCUT2D eigenvalue weighted by Crippen LogP contribution is -1.69. The van der Waals surface area contributed by atoms with Crippen LogP contribution in [-0.4, -0.2) is 0 Å². The van der Waals surface area contributed by atoms with Crippen LogP contribution in [0.15, 0.2) is 23.1 Å². The second kappa shape index (κ2) is 3.22. The molecular formula is C10H12S. The van der Waals surface area contributed by atoms with Crippen molar-refractivity contribution in [1.29, 1.82) is 0 Å². The Morgan fingerprint density at radius 1 is 1.27 bits per heavy atom. The van der Waals surface area contributed by atoms with Gasteiger partial charge >= 0.3 is 0 Å². The molecule has 0 aromatic carbocycles. The third kappa shape index (κ3) is 1.72. The van der Waals surface area contributed by atoms with E-state index in [1.54, 1.807) is 5.57 Å². The molecule has 2 rings (SSSR count). The molecule has 0 spiro atoms. The predicted octanol–water partition coefficient (Wildman–Crippen LogP) is 3.71. The van der Waals surface area contributed by atoms with E-state index in [0.717, 1.165) is 0 Å². The first-order valence-corrected chi connectivity index (χ1v) is 5.06. The number of thiophene rings is 1. The highest BCUT2D eigenvalue weighted by atomic mass is 32.1. The van der Waals surface area contributed by atoms with E-state index >= 15 is 0 Å². The molecule has 0 aliphatic heterocycles. The summed E-state index contributed by atoms with van der Waals surface area (Å²) in [5, 5.41) is 2.14. The zero-order chi connectivity index (χ0) is 7.52. The third-order valence-electron chi connectivity index (χ3n) is 2.14. The Morgan fingerprint density at radius 2 is 2.09 bits per heavy atom. The van der Waals surface area contributed by atoms with Crippen molar-refractivity contribution in [3.63, 3.8) is 0 Å². The maximum atomic E-state index is 2.36. The van der Waals surface area contributed by atoms with Crippen LogP contribution in [0.5, 0.6) is 0 Å². The van der Waals surface area contributed by atoms with Gasteiger partial charge in [-0.05, 0) is 43.2 Å². The minimum Gasteiger partial charge on any atom is -0.144 e. The first-order chi connectivity index (χ1) is 5.45. The van der Waals surface area contributed by atoms with Crippen LogP contribution in [0.1, 0.15) is 30.6 Å². The van der Waals surface area contributed by atoms with Gasteiger partial charge in [0, 0.05) is 4.88 Å². The molecule has 1 heteroatoms. The van der Waals surface area contributed by atoms with E-state index in [-0.39, 0.29) is 0 Å². The van der Waals surface area contributed by atoms with Crippen molar-refractivity contribution in [2.45, 2.75) is 25.7 Å². The van der Waals surface area contributed by atoms with Crippen LogP contribution in [-0.2, 0) is 0 Å². The fourth-order valence-electron chi connectivity index (χ4n) is 1.55. The number of hydrogen-bond acceptors (Lipinski definition) is 1. The summed E-state index contributed by atoms with van der Waals surface area (Å²) in [7, 11) is 0. The molecule has 0 unspecified atom stereocenters. The summed E-state index contributed by atoms with van der Waals surface area (Å²) in [5.74, 6) is 0. The van der Waals surface area contributed by atoms with Crippen molar-refractivity contribution >= 4 is 17.4 Å². The predicted molar refractivity (Wildman–Crippen MR) is 50.8 cm³/mol. The summed E-state index contributed by atoms with van der Waals surface area (Å²) in [4.78, 5) is 1.42. The minimum atomic E-state index is 1.33. The molecule has 1 fully saturated rings. The largest absolute Gasteiger partial charge is 0.144 e. The summed E-state index contributed by atoms with van der Waals surface area (Å²) in [6, 6.07) is 4.31. The lowest BCUT2D eigenvalue weighted by atomic mass is 10.2. The highest BCUT2D eigenvalue weighted by Crippen LogP contribution is 2.26. The summed E-state index contributed by atoms with van der Waals surface area (Å²) in [6.07, 6.45) is 7.82. The molecule has 0 radical (unpaired) electrons. The maximum Gasteiger partial charge on any atom is 0.0269 e. The van der Waals surface area contributed by atoms with Gasteiger partial charge in [-0.2, -0.15) is 0 Å². The van der Waals surface area contributed by atoms with Gasteiger partial charge in [0.25, 0.3) is 0 Å². The van der Waals surface area contributed by atoms with Crippen LogP contribution < -0.4 is 0 Å². The average Bonchev–Trinajstić information content (AvgIpc) is 2.60. The summed E-state index contributed by atoms with van der Waals surface area (Å²) < 4.78 is 0. The Bertz CT molecular complexity index is 236. The Kier molecular flexibility index (Phi) is 2.08. The Balaban J connectivity index is 2.13. The smallest absolute Gasteiger partial charge is 0.0269 e. The van der Waals surface area contributed by atoms with Crippen molar-refractivity contribution in [3.05, 3.63) is 28.0 Å². The summed E-state index contributed by atoms with van der Waals surface area (Å²) in [6.45, 7) is 0. The lowest BCUT2D eigenvalue weighted by Gasteiger charge is -1.91. The molecule has 0 nitrogen and oxygen atoms in total. The monoisotopic (exact) mass is 164 g/mol. The molecular weight excluding hydrogens is 152 g/mol. The van der Waals surface area contributed by atoms with E-state index in [4.69, 9.17) is 0 Å². The Hall–Kier alpha value is -0.560. The molecule has 1 saturated carbocycles. The van der Waals surface area contributed by atoms with E-state index in [1.165, 1.54) is 30.6 Å². The van der Waals surface area contributed by atoms with Gasteiger partial charge in [0.05, 0.1) is 0 Å². The molecule has 1 aromatic heterocycles. The van der Waals surface area contributed by atoms with Gasteiger partial charge in [-0.25, -0.2) is 0 Å². The second-order valence-corrected chi connectivity index (χ2v) is 4.00. The van der Waals surface area contributed by atoms with Crippen LogP contribution in [0.2, 0.25) is 0 Å². The van der Waals surface area contributed by atoms with E-state index < -0.39 is 0 Å². The van der Waals surface area contributed by atoms with Crippen LogP contribution in [0.25, 0.3) is 6.08 Å². The SMILES string of the molecule is C(=C1CCCC1)c1cccs1. The first-order valence-electron chi connectivity index (χ1n) is 4.18. The van der Waals surface area contributed by atoms with E-state index in [0.29, 0.717) is 0 Å². The number of rotatable bonds is 1. The van der Waals surface area contributed by atoms with Gasteiger partial charge in [0.15, 0.2) is 0 Å². The second-order valence-electron chi connectivity index (χ2n) is 3.03. The van der Waals surface area contributed by atoms with Gasteiger partial charge in [0.2, 0.25) is 0 Å². The van der Waals surface area contributed by atoms with Gasteiger partial charge in [-0.1, -0.05) is 11.6 Å². The topological polar surface area (TPSA) is 0 Å². The first kappa shape index (κ1) is 7.11. The molecule has 1 aromatic rings. The zero-order valence-electron chi connectivity index (χ0n) is 6.55. The third-order valence-corrected chi connectivity index (χ3v) is 2.95. The maximum absolute atomic E-state index is 2.36. The van der Waals surface area contributed by atoms with Crippen molar-refractivity contribution in [1.82, 2.24) is 0 Å².